The Hall–Kier alpha value is -2.45. The average Bonchev–Trinajstić information content (AvgIpc) is 3.04. The zero-order chi connectivity index (χ0) is 23.3. The number of carbonyl (C=O) groups excluding carboxylic acids is 1. The van der Waals surface area contributed by atoms with Gasteiger partial charge in [0.1, 0.15) is 24.7 Å². The lowest BCUT2D eigenvalue weighted by molar-refractivity contribution is -0.913. The topological polar surface area (TPSA) is 82.7 Å². The van der Waals surface area contributed by atoms with E-state index in [0.717, 1.165) is 56.4 Å². The monoisotopic (exact) mass is 444 g/mol. The first-order chi connectivity index (χ1) is 15.3. The molecule has 1 aromatic carbocycles. The van der Waals surface area contributed by atoms with E-state index in [-0.39, 0.29) is 18.6 Å². The van der Waals surface area contributed by atoms with Crippen molar-refractivity contribution in [1.29, 1.82) is 0 Å². The van der Waals surface area contributed by atoms with Crippen LogP contribution in [0, 0.1) is 19.8 Å². The van der Waals surface area contributed by atoms with Gasteiger partial charge in [-0.25, -0.2) is 0 Å². The van der Waals surface area contributed by atoms with Crippen LogP contribution in [-0.2, 0) is 29.0 Å². The minimum Gasteiger partial charge on any atom is -0.496 e. The molecule has 0 saturated heterocycles. The SMILES string of the molecule is COCC(=O)NC(CC(C)C)c1nnc2n1CC[NH+](Cc1cc(C)c(OC)cc1C)CC2. The van der Waals surface area contributed by atoms with E-state index in [4.69, 9.17) is 9.47 Å². The first-order valence-electron chi connectivity index (χ1n) is 11.5. The molecule has 8 heteroatoms. The van der Waals surface area contributed by atoms with E-state index in [1.54, 1.807) is 7.11 Å². The highest BCUT2D eigenvalue weighted by Gasteiger charge is 2.27. The van der Waals surface area contributed by atoms with Crippen molar-refractivity contribution in [2.45, 2.75) is 59.7 Å². The lowest BCUT2D eigenvalue weighted by Gasteiger charge is -2.22. The van der Waals surface area contributed by atoms with Gasteiger partial charge in [-0.3, -0.25) is 4.79 Å². The Kier molecular flexibility index (Phi) is 8.26. The van der Waals surface area contributed by atoms with Crippen LogP contribution in [0.1, 0.15) is 54.6 Å². The van der Waals surface area contributed by atoms with Crippen molar-refractivity contribution >= 4 is 5.91 Å². The normalized spacial score (nSPS) is 17.0. The van der Waals surface area contributed by atoms with Gasteiger partial charge in [0.2, 0.25) is 5.91 Å². The number of methoxy groups -OCH3 is 2. The second-order valence-electron chi connectivity index (χ2n) is 9.23. The molecule has 32 heavy (non-hydrogen) atoms. The molecule has 3 rings (SSSR count). The van der Waals surface area contributed by atoms with Gasteiger partial charge < -0.3 is 24.3 Å². The van der Waals surface area contributed by atoms with Crippen LogP contribution < -0.4 is 15.0 Å². The molecule has 2 aromatic rings. The quantitative estimate of drug-likeness (QED) is 0.611. The van der Waals surface area contributed by atoms with Crippen LogP contribution in [-0.4, -0.2) is 54.6 Å². The summed E-state index contributed by atoms with van der Waals surface area (Å²) in [5.41, 5.74) is 3.80. The molecule has 0 saturated carbocycles. The smallest absolute Gasteiger partial charge is 0.246 e. The van der Waals surface area contributed by atoms with Crippen molar-refractivity contribution in [3.05, 3.63) is 40.5 Å². The molecule has 2 atom stereocenters. The number of fused-ring (bicyclic) bond motifs is 1. The summed E-state index contributed by atoms with van der Waals surface area (Å²) >= 11 is 0. The first kappa shape index (κ1) is 24.2. The van der Waals surface area contributed by atoms with E-state index in [0.29, 0.717) is 5.92 Å². The number of benzene rings is 1. The summed E-state index contributed by atoms with van der Waals surface area (Å²) in [7, 11) is 3.25. The summed E-state index contributed by atoms with van der Waals surface area (Å²) in [4.78, 5) is 13.7. The summed E-state index contributed by atoms with van der Waals surface area (Å²) in [6.45, 7) is 12.4. The summed E-state index contributed by atoms with van der Waals surface area (Å²) in [5.74, 6) is 3.11. The van der Waals surface area contributed by atoms with Gasteiger partial charge in [0.15, 0.2) is 5.82 Å². The maximum atomic E-state index is 12.2. The molecule has 8 nitrogen and oxygen atoms in total. The van der Waals surface area contributed by atoms with Gasteiger partial charge >= 0.3 is 0 Å². The van der Waals surface area contributed by atoms with E-state index >= 15 is 0 Å². The molecule has 2 N–H and O–H groups in total. The van der Waals surface area contributed by atoms with Gasteiger partial charge in [-0.05, 0) is 49.4 Å². The standard InChI is InChI=1S/C24H37N5O3/c1-16(2)11-20(25-23(30)15-31-5)24-27-26-22-7-8-28(9-10-29(22)24)14-19-12-18(4)21(32-6)13-17(19)3/h12-13,16,20H,7-11,14-15H2,1-6H3,(H,25,30)/p+1. The summed E-state index contributed by atoms with van der Waals surface area (Å²) in [6.07, 6.45) is 1.69. The highest BCUT2D eigenvalue weighted by Crippen LogP contribution is 2.23. The third kappa shape index (κ3) is 5.86. The van der Waals surface area contributed by atoms with Crippen LogP contribution in [0.15, 0.2) is 12.1 Å². The highest BCUT2D eigenvalue weighted by molar-refractivity contribution is 5.77. The second-order valence-corrected chi connectivity index (χ2v) is 9.23. The molecule has 1 aliphatic rings. The van der Waals surface area contributed by atoms with Crippen LogP contribution in [0.25, 0.3) is 0 Å². The number of carbonyl (C=O) groups is 1. The number of ether oxygens (including phenoxy) is 2. The van der Waals surface area contributed by atoms with Gasteiger partial charge in [-0.1, -0.05) is 13.8 Å². The second kappa shape index (κ2) is 10.9. The largest absolute Gasteiger partial charge is 0.496 e. The molecule has 1 aromatic heterocycles. The number of hydrogen-bond acceptors (Lipinski definition) is 5. The molecular formula is C24H38N5O3+. The van der Waals surface area contributed by atoms with Crippen LogP contribution in [0.3, 0.4) is 0 Å². The minimum absolute atomic E-state index is 0.0497. The maximum Gasteiger partial charge on any atom is 0.246 e. The van der Waals surface area contributed by atoms with Crippen molar-refractivity contribution in [3.8, 4) is 5.75 Å². The Bertz CT molecular complexity index is 925. The van der Waals surface area contributed by atoms with E-state index < -0.39 is 0 Å². The van der Waals surface area contributed by atoms with Crippen LogP contribution in [0.2, 0.25) is 0 Å². The fourth-order valence-electron chi connectivity index (χ4n) is 4.49. The molecule has 0 bridgehead atoms. The molecule has 0 aliphatic carbocycles. The van der Waals surface area contributed by atoms with Gasteiger partial charge in [0.05, 0.1) is 39.2 Å². The number of aryl methyl sites for hydroxylation is 2. The van der Waals surface area contributed by atoms with Crippen LogP contribution in [0.4, 0.5) is 0 Å². The van der Waals surface area contributed by atoms with Crippen molar-refractivity contribution in [1.82, 2.24) is 20.1 Å². The van der Waals surface area contributed by atoms with Gasteiger partial charge in [0, 0.05) is 12.7 Å². The Balaban J connectivity index is 1.74. The molecular weight excluding hydrogens is 406 g/mol. The summed E-state index contributed by atoms with van der Waals surface area (Å²) in [6, 6.07) is 4.22. The minimum atomic E-state index is -0.160. The molecule has 1 amide bonds. The van der Waals surface area contributed by atoms with Crippen molar-refractivity contribution in [3.63, 3.8) is 0 Å². The van der Waals surface area contributed by atoms with E-state index in [1.807, 2.05) is 0 Å². The number of hydrogen-bond donors (Lipinski definition) is 2. The Morgan fingerprint density at radius 1 is 1.19 bits per heavy atom. The van der Waals surface area contributed by atoms with Gasteiger partial charge in [-0.15, -0.1) is 10.2 Å². The maximum absolute atomic E-state index is 12.2. The Labute approximate surface area is 191 Å². The van der Waals surface area contributed by atoms with Crippen LogP contribution >= 0.6 is 0 Å². The highest BCUT2D eigenvalue weighted by atomic mass is 16.5. The number of rotatable bonds is 9. The zero-order valence-corrected chi connectivity index (χ0v) is 20.3. The summed E-state index contributed by atoms with van der Waals surface area (Å²) in [5, 5.41) is 12.1. The van der Waals surface area contributed by atoms with Gasteiger partial charge in [-0.2, -0.15) is 0 Å². The number of amides is 1. The predicted octanol–water partition coefficient (Wildman–Crippen LogP) is 1.39. The first-order valence-corrected chi connectivity index (χ1v) is 11.5. The zero-order valence-electron chi connectivity index (χ0n) is 20.3. The Morgan fingerprint density at radius 2 is 1.97 bits per heavy atom. The van der Waals surface area contributed by atoms with Crippen molar-refractivity contribution in [2.75, 3.05) is 33.9 Å². The van der Waals surface area contributed by atoms with E-state index in [1.165, 1.54) is 28.7 Å². The molecule has 0 radical (unpaired) electrons. The van der Waals surface area contributed by atoms with E-state index in [9.17, 15) is 4.79 Å². The summed E-state index contributed by atoms with van der Waals surface area (Å²) < 4.78 is 12.7. The number of aromatic nitrogens is 3. The van der Waals surface area contributed by atoms with Crippen LogP contribution in [0.5, 0.6) is 5.75 Å². The number of quaternary nitrogens is 1. The van der Waals surface area contributed by atoms with Crippen molar-refractivity contribution in [2.24, 2.45) is 5.92 Å². The van der Waals surface area contributed by atoms with E-state index in [2.05, 4.69) is 59.9 Å². The third-order valence-electron chi connectivity index (χ3n) is 6.17. The lowest BCUT2D eigenvalue weighted by atomic mass is 10.0. The lowest BCUT2D eigenvalue weighted by Crippen LogP contribution is -3.11. The average molecular weight is 445 g/mol. The molecule has 0 spiro atoms. The number of nitrogens with one attached hydrogen (secondary N) is 2. The molecule has 1 aliphatic heterocycles. The molecule has 2 heterocycles. The van der Waals surface area contributed by atoms with Gasteiger partial charge in [0.25, 0.3) is 0 Å². The van der Waals surface area contributed by atoms with Crippen molar-refractivity contribution < 1.29 is 19.2 Å². The molecule has 2 unspecified atom stereocenters. The fourth-order valence-corrected chi connectivity index (χ4v) is 4.49. The molecule has 0 fully saturated rings. The number of nitrogens with zero attached hydrogens (tertiary/aromatic N) is 3. The predicted molar refractivity (Wildman–Crippen MR) is 123 cm³/mol. The molecule has 176 valence electrons. The fraction of sp³-hybridized carbons (Fsp3) is 0.625. The Morgan fingerprint density at radius 3 is 2.66 bits per heavy atom. The third-order valence-corrected chi connectivity index (χ3v) is 6.17.